The van der Waals surface area contributed by atoms with Gasteiger partial charge in [0.1, 0.15) is 10.7 Å². The maximum absolute atomic E-state index is 14.0. The SMILES string of the molecule is CC1CN(S(=O)(=O)c2cc(N)c(Br)cc2F)CC(CO)O1. The van der Waals surface area contributed by atoms with Crippen LogP contribution in [0.15, 0.2) is 21.5 Å². The minimum absolute atomic E-state index is 0.0292. The molecule has 21 heavy (non-hydrogen) atoms. The number of hydrogen-bond donors (Lipinski definition) is 2. The smallest absolute Gasteiger partial charge is 0.246 e. The third-order valence-electron chi connectivity index (χ3n) is 3.17. The summed E-state index contributed by atoms with van der Waals surface area (Å²) in [5, 5.41) is 9.15. The van der Waals surface area contributed by atoms with Gasteiger partial charge in [-0.05, 0) is 35.0 Å². The number of aliphatic hydroxyl groups is 1. The fourth-order valence-corrected chi connectivity index (χ4v) is 4.13. The summed E-state index contributed by atoms with van der Waals surface area (Å²) in [4.78, 5) is -0.478. The fourth-order valence-electron chi connectivity index (χ4n) is 2.18. The standard InChI is InChI=1S/C12H16BrFN2O4S/c1-7-4-16(5-8(6-17)20-7)21(18,19)12-3-11(15)9(13)2-10(12)14/h2-3,7-8,17H,4-6,15H2,1H3. The first-order valence-corrected chi connectivity index (χ1v) is 8.50. The number of ether oxygens (including phenoxy) is 1. The summed E-state index contributed by atoms with van der Waals surface area (Å²) in [5.74, 6) is -0.879. The monoisotopic (exact) mass is 382 g/mol. The van der Waals surface area contributed by atoms with E-state index < -0.39 is 26.8 Å². The van der Waals surface area contributed by atoms with E-state index in [1.165, 1.54) is 0 Å². The highest BCUT2D eigenvalue weighted by Gasteiger charge is 2.35. The lowest BCUT2D eigenvalue weighted by Crippen LogP contribution is -2.50. The number of nitrogen functional groups attached to an aromatic ring is 1. The summed E-state index contributed by atoms with van der Waals surface area (Å²) >= 11 is 3.05. The van der Waals surface area contributed by atoms with E-state index in [1.54, 1.807) is 6.92 Å². The summed E-state index contributed by atoms with van der Waals surface area (Å²) in [7, 11) is -4.04. The normalized spacial score (nSPS) is 24.2. The number of sulfonamides is 1. The van der Waals surface area contributed by atoms with Gasteiger partial charge in [-0.3, -0.25) is 0 Å². The third kappa shape index (κ3) is 3.37. The van der Waals surface area contributed by atoms with Crippen molar-refractivity contribution in [2.45, 2.75) is 24.0 Å². The highest BCUT2D eigenvalue weighted by atomic mass is 79.9. The zero-order valence-corrected chi connectivity index (χ0v) is 13.7. The van der Waals surface area contributed by atoms with Crippen LogP contribution in [0.25, 0.3) is 0 Å². The fraction of sp³-hybridized carbons (Fsp3) is 0.500. The molecule has 1 fully saturated rings. The van der Waals surface area contributed by atoms with Crippen LogP contribution in [-0.2, 0) is 14.8 Å². The number of aliphatic hydroxyl groups excluding tert-OH is 1. The lowest BCUT2D eigenvalue weighted by molar-refractivity contribution is -0.0750. The summed E-state index contributed by atoms with van der Waals surface area (Å²) < 4.78 is 45.9. The molecule has 2 unspecified atom stereocenters. The molecule has 0 bridgehead atoms. The molecule has 6 nitrogen and oxygen atoms in total. The van der Waals surface area contributed by atoms with Gasteiger partial charge in [-0.15, -0.1) is 0 Å². The van der Waals surface area contributed by atoms with Gasteiger partial charge in [-0.25, -0.2) is 12.8 Å². The van der Waals surface area contributed by atoms with Gasteiger partial charge in [0.05, 0.1) is 18.8 Å². The molecule has 9 heteroatoms. The van der Waals surface area contributed by atoms with Crippen molar-refractivity contribution < 1.29 is 22.7 Å². The minimum atomic E-state index is -4.04. The Morgan fingerprint density at radius 2 is 2.19 bits per heavy atom. The Kier molecular flexibility index (Phi) is 4.89. The Morgan fingerprint density at radius 1 is 1.52 bits per heavy atom. The highest BCUT2D eigenvalue weighted by molar-refractivity contribution is 9.10. The summed E-state index contributed by atoms with van der Waals surface area (Å²) in [6.45, 7) is 1.45. The average Bonchev–Trinajstić information content (AvgIpc) is 2.41. The predicted molar refractivity (Wildman–Crippen MR) is 78.7 cm³/mol. The maximum Gasteiger partial charge on any atom is 0.246 e. The number of halogens is 2. The van der Waals surface area contributed by atoms with Crippen LogP contribution < -0.4 is 5.73 Å². The van der Waals surface area contributed by atoms with E-state index in [4.69, 9.17) is 15.6 Å². The molecule has 1 heterocycles. The number of benzene rings is 1. The van der Waals surface area contributed by atoms with Crippen molar-refractivity contribution >= 4 is 31.6 Å². The van der Waals surface area contributed by atoms with Crippen LogP contribution in [0.3, 0.4) is 0 Å². The van der Waals surface area contributed by atoms with E-state index in [2.05, 4.69) is 15.9 Å². The molecular formula is C12H16BrFN2O4S. The molecule has 0 saturated carbocycles. The summed E-state index contributed by atoms with van der Waals surface area (Å²) in [6, 6.07) is 2.11. The molecule has 0 radical (unpaired) electrons. The number of rotatable bonds is 3. The van der Waals surface area contributed by atoms with Crippen molar-refractivity contribution in [3.63, 3.8) is 0 Å². The van der Waals surface area contributed by atoms with E-state index >= 15 is 0 Å². The lowest BCUT2D eigenvalue weighted by Gasteiger charge is -2.35. The molecule has 0 aromatic heterocycles. The summed E-state index contributed by atoms with van der Waals surface area (Å²) in [6.07, 6.45) is -1.01. The molecule has 2 rings (SSSR count). The zero-order chi connectivity index (χ0) is 15.8. The van der Waals surface area contributed by atoms with Crippen LogP contribution in [-0.4, -0.2) is 49.7 Å². The first-order valence-electron chi connectivity index (χ1n) is 6.26. The van der Waals surface area contributed by atoms with E-state index in [-0.39, 0.29) is 31.5 Å². The maximum atomic E-state index is 14.0. The highest BCUT2D eigenvalue weighted by Crippen LogP contribution is 2.29. The second kappa shape index (κ2) is 6.17. The Morgan fingerprint density at radius 3 is 2.81 bits per heavy atom. The number of anilines is 1. The van der Waals surface area contributed by atoms with Crippen LogP contribution >= 0.6 is 15.9 Å². The molecule has 0 amide bonds. The van der Waals surface area contributed by atoms with E-state index in [0.717, 1.165) is 16.4 Å². The van der Waals surface area contributed by atoms with Crippen LogP contribution in [0, 0.1) is 5.82 Å². The zero-order valence-electron chi connectivity index (χ0n) is 11.3. The molecule has 1 saturated heterocycles. The third-order valence-corrected chi connectivity index (χ3v) is 5.70. The van der Waals surface area contributed by atoms with Gasteiger partial charge in [0, 0.05) is 23.2 Å². The van der Waals surface area contributed by atoms with Crippen molar-refractivity contribution in [3.8, 4) is 0 Å². The number of hydrogen-bond acceptors (Lipinski definition) is 5. The molecule has 1 aliphatic rings. The predicted octanol–water partition coefficient (Wildman–Crippen LogP) is 0.941. The Labute approximate surface area is 130 Å². The minimum Gasteiger partial charge on any atom is -0.398 e. The second-order valence-electron chi connectivity index (χ2n) is 4.88. The quantitative estimate of drug-likeness (QED) is 0.758. The summed E-state index contributed by atoms with van der Waals surface area (Å²) in [5.41, 5.74) is 5.77. The first-order chi connectivity index (χ1) is 9.75. The molecule has 118 valence electrons. The molecular weight excluding hydrogens is 367 g/mol. The second-order valence-corrected chi connectivity index (χ2v) is 7.64. The Bertz CT molecular complexity index is 640. The van der Waals surface area contributed by atoms with Crippen molar-refractivity contribution in [2.75, 3.05) is 25.4 Å². The molecule has 2 atom stereocenters. The Hall–Kier alpha value is -0.740. The van der Waals surface area contributed by atoms with Crippen LogP contribution in [0.2, 0.25) is 0 Å². The van der Waals surface area contributed by atoms with E-state index in [0.29, 0.717) is 4.47 Å². The number of nitrogens with zero attached hydrogens (tertiary/aromatic N) is 1. The molecule has 0 aliphatic carbocycles. The van der Waals surface area contributed by atoms with Crippen molar-refractivity contribution in [3.05, 3.63) is 22.4 Å². The number of nitrogens with two attached hydrogens (primary N) is 1. The van der Waals surface area contributed by atoms with Gasteiger partial charge in [-0.2, -0.15) is 4.31 Å². The average molecular weight is 383 g/mol. The molecule has 1 aromatic rings. The van der Waals surface area contributed by atoms with E-state index in [9.17, 15) is 12.8 Å². The van der Waals surface area contributed by atoms with Gasteiger partial charge >= 0.3 is 0 Å². The molecule has 1 aliphatic heterocycles. The molecule has 3 N–H and O–H groups in total. The van der Waals surface area contributed by atoms with Crippen LogP contribution in [0.4, 0.5) is 10.1 Å². The van der Waals surface area contributed by atoms with Crippen molar-refractivity contribution in [1.82, 2.24) is 4.31 Å². The first kappa shape index (κ1) is 16.6. The van der Waals surface area contributed by atoms with Crippen LogP contribution in [0.5, 0.6) is 0 Å². The van der Waals surface area contributed by atoms with Gasteiger partial charge < -0.3 is 15.6 Å². The van der Waals surface area contributed by atoms with Crippen molar-refractivity contribution in [1.29, 1.82) is 0 Å². The van der Waals surface area contributed by atoms with E-state index in [1.807, 2.05) is 0 Å². The number of morpholine rings is 1. The Balaban J connectivity index is 2.40. The van der Waals surface area contributed by atoms with Crippen molar-refractivity contribution in [2.24, 2.45) is 0 Å². The van der Waals surface area contributed by atoms with Gasteiger partial charge in [0.2, 0.25) is 10.0 Å². The largest absolute Gasteiger partial charge is 0.398 e. The topological polar surface area (TPSA) is 92.9 Å². The molecule has 1 aromatic carbocycles. The van der Waals surface area contributed by atoms with Gasteiger partial charge in [0.15, 0.2) is 0 Å². The van der Waals surface area contributed by atoms with Gasteiger partial charge in [0.25, 0.3) is 0 Å². The van der Waals surface area contributed by atoms with Gasteiger partial charge in [-0.1, -0.05) is 0 Å². The van der Waals surface area contributed by atoms with Crippen LogP contribution in [0.1, 0.15) is 6.92 Å². The lowest BCUT2D eigenvalue weighted by atomic mass is 10.2. The molecule has 0 spiro atoms.